The zero-order valence-corrected chi connectivity index (χ0v) is 19.7. The Balaban J connectivity index is 1.52. The molecule has 0 N–H and O–H groups in total. The molecule has 2 aliphatic rings. The number of carbonyl (C=O) groups excluding carboxylic acids is 1. The second-order valence-electron chi connectivity index (χ2n) is 9.22. The number of allylic oxidation sites excluding steroid dienone is 1. The molecule has 4 rings (SSSR count). The lowest BCUT2D eigenvalue weighted by molar-refractivity contribution is -0.128. The maximum absolute atomic E-state index is 13.1. The quantitative estimate of drug-likeness (QED) is 0.629. The average Bonchev–Trinajstić information content (AvgIpc) is 3.08. The second-order valence-corrected chi connectivity index (χ2v) is 9.22. The number of ether oxygens (including phenoxy) is 1. The fraction of sp³-hybridized carbons (Fsp3) is 0.577. The van der Waals surface area contributed by atoms with Gasteiger partial charge in [-0.25, -0.2) is 0 Å². The van der Waals surface area contributed by atoms with Crippen LogP contribution in [-0.2, 0) is 4.79 Å². The van der Waals surface area contributed by atoms with E-state index in [1.165, 1.54) is 32.1 Å². The van der Waals surface area contributed by atoms with Crippen LogP contribution in [0, 0.1) is 20.8 Å². The molecule has 1 aliphatic heterocycles. The first-order valence-electron chi connectivity index (χ1n) is 11.7. The standard InChI is InChI=1S/C26H36N2O3/c1-17(22-16-23-18(2)20(4)31-26(23)19(3)25(22)30-5)15-24(29)28-13-11-27(12-14-28)21-9-7-6-8-10-21/h15-16,21H,6-14H2,1-5H3/b17-15+. The normalized spacial score (nSPS) is 19.3. The highest BCUT2D eigenvalue weighted by Crippen LogP contribution is 2.38. The van der Waals surface area contributed by atoms with Gasteiger partial charge in [-0.05, 0) is 57.7 Å². The highest BCUT2D eigenvalue weighted by Gasteiger charge is 2.27. The molecule has 31 heavy (non-hydrogen) atoms. The minimum absolute atomic E-state index is 0.0979. The SMILES string of the molecule is COc1c(/C(C)=C/C(=O)N2CCN(C3CCCCC3)CC2)cc2c(C)c(C)oc2c1C. The number of furan rings is 1. The van der Waals surface area contributed by atoms with Gasteiger partial charge in [-0.1, -0.05) is 19.3 Å². The summed E-state index contributed by atoms with van der Waals surface area (Å²) in [5, 5.41) is 1.09. The second kappa shape index (κ2) is 9.07. The molecule has 1 aromatic carbocycles. The number of amides is 1. The Kier molecular flexibility index (Phi) is 6.42. The van der Waals surface area contributed by atoms with Crippen molar-refractivity contribution >= 4 is 22.4 Å². The Labute approximate surface area is 186 Å². The van der Waals surface area contributed by atoms with Gasteiger partial charge in [0.15, 0.2) is 0 Å². The molecule has 5 heteroatoms. The van der Waals surface area contributed by atoms with E-state index in [4.69, 9.17) is 9.15 Å². The summed E-state index contributed by atoms with van der Waals surface area (Å²) in [6, 6.07) is 2.83. The molecule has 1 amide bonds. The lowest BCUT2D eigenvalue weighted by Gasteiger charge is -2.40. The van der Waals surface area contributed by atoms with Crippen LogP contribution in [0.4, 0.5) is 0 Å². The first kappa shape index (κ1) is 21.9. The van der Waals surface area contributed by atoms with Gasteiger partial charge in [0.05, 0.1) is 7.11 Å². The Morgan fingerprint density at radius 1 is 1.06 bits per heavy atom. The summed E-state index contributed by atoms with van der Waals surface area (Å²) in [5.74, 6) is 1.80. The van der Waals surface area contributed by atoms with Crippen molar-refractivity contribution in [2.24, 2.45) is 0 Å². The summed E-state index contributed by atoms with van der Waals surface area (Å²) in [6.45, 7) is 11.7. The molecule has 0 radical (unpaired) electrons. The van der Waals surface area contributed by atoms with E-state index >= 15 is 0 Å². The van der Waals surface area contributed by atoms with Gasteiger partial charge in [-0.3, -0.25) is 9.69 Å². The van der Waals surface area contributed by atoms with Crippen molar-refractivity contribution in [2.75, 3.05) is 33.3 Å². The number of hydrogen-bond donors (Lipinski definition) is 0. The van der Waals surface area contributed by atoms with Crippen LogP contribution >= 0.6 is 0 Å². The van der Waals surface area contributed by atoms with Crippen molar-refractivity contribution < 1.29 is 13.9 Å². The molecule has 168 valence electrons. The van der Waals surface area contributed by atoms with Gasteiger partial charge in [0, 0.05) is 54.8 Å². The first-order chi connectivity index (χ1) is 14.9. The van der Waals surface area contributed by atoms with E-state index in [-0.39, 0.29) is 5.91 Å². The van der Waals surface area contributed by atoms with Crippen LogP contribution in [0.3, 0.4) is 0 Å². The highest BCUT2D eigenvalue weighted by molar-refractivity contribution is 5.98. The lowest BCUT2D eigenvalue weighted by atomic mass is 9.94. The molecular formula is C26H36N2O3. The van der Waals surface area contributed by atoms with Crippen molar-refractivity contribution in [2.45, 2.75) is 65.8 Å². The Hall–Kier alpha value is -2.27. The van der Waals surface area contributed by atoms with E-state index in [1.807, 2.05) is 25.7 Å². The zero-order chi connectivity index (χ0) is 22.1. The summed E-state index contributed by atoms with van der Waals surface area (Å²) in [7, 11) is 1.68. The monoisotopic (exact) mass is 424 g/mol. The highest BCUT2D eigenvalue weighted by atomic mass is 16.5. The van der Waals surface area contributed by atoms with Crippen LogP contribution in [-0.4, -0.2) is 55.0 Å². The van der Waals surface area contributed by atoms with Crippen LogP contribution < -0.4 is 4.74 Å². The maximum atomic E-state index is 13.1. The van der Waals surface area contributed by atoms with Crippen molar-refractivity contribution in [1.82, 2.24) is 9.80 Å². The minimum atomic E-state index is 0.0979. The minimum Gasteiger partial charge on any atom is -0.496 e. The van der Waals surface area contributed by atoms with Crippen LogP contribution in [0.5, 0.6) is 5.75 Å². The van der Waals surface area contributed by atoms with Crippen LogP contribution in [0.1, 0.15) is 61.5 Å². The summed E-state index contributed by atoms with van der Waals surface area (Å²) in [5.41, 5.74) is 4.88. The van der Waals surface area contributed by atoms with Gasteiger partial charge in [0.25, 0.3) is 0 Å². The average molecular weight is 425 g/mol. The molecule has 1 aliphatic carbocycles. The van der Waals surface area contributed by atoms with E-state index < -0.39 is 0 Å². The Morgan fingerprint density at radius 2 is 1.74 bits per heavy atom. The molecule has 5 nitrogen and oxygen atoms in total. The van der Waals surface area contributed by atoms with E-state index in [0.29, 0.717) is 0 Å². The van der Waals surface area contributed by atoms with E-state index in [1.54, 1.807) is 13.2 Å². The summed E-state index contributed by atoms with van der Waals surface area (Å²) in [4.78, 5) is 17.7. The molecule has 0 unspecified atom stereocenters. The number of hydrogen-bond acceptors (Lipinski definition) is 4. The number of fused-ring (bicyclic) bond motifs is 1. The molecule has 1 saturated carbocycles. The molecule has 0 bridgehead atoms. The van der Waals surface area contributed by atoms with Gasteiger partial charge in [-0.15, -0.1) is 0 Å². The van der Waals surface area contributed by atoms with Gasteiger partial charge >= 0.3 is 0 Å². The Morgan fingerprint density at radius 3 is 2.39 bits per heavy atom. The molecule has 2 fully saturated rings. The fourth-order valence-corrected chi connectivity index (χ4v) is 5.28. The first-order valence-corrected chi connectivity index (χ1v) is 11.7. The van der Waals surface area contributed by atoms with Crippen LogP contribution in [0.2, 0.25) is 0 Å². The van der Waals surface area contributed by atoms with Crippen molar-refractivity contribution in [3.05, 3.63) is 34.6 Å². The molecular weight excluding hydrogens is 388 g/mol. The predicted octanol–water partition coefficient (Wildman–Crippen LogP) is 5.25. The molecule has 2 heterocycles. The third kappa shape index (κ3) is 4.25. The largest absolute Gasteiger partial charge is 0.496 e. The van der Waals surface area contributed by atoms with E-state index in [2.05, 4.69) is 17.9 Å². The number of benzene rings is 1. The van der Waals surface area contributed by atoms with E-state index in [0.717, 1.165) is 77.0 Å². The van der Waals surface area contributed by atoms with E-state index in [9.17, 15) is 4.79 Å². The Bertz CT molecular complexity index is 990. The zero-order valence-electron chi connectivity index (χ0n) is 19.7. The number of methoxy groups -OCH3 is 1. The summed E-state index contributed by atoms with van der Waals surface area (Å²) >= 11 is 0. The number of aryl methyl sites for hydroxylation is 3. The molecule has 2 aromatic rings. The van der Waals surface area contributed by atoms with Crippen LogP contribution in [0.15, 0.2) is 16.6 Å². The smallest absolute Gasteiger partial charge is 0.246 e. The molecule has 0 atom stereocenters. The number of rotatable bonds is 4. The summed E-state index contributed by atoms with van der Waals surface area (Å²) < 4.78 is 11.7. The summed E-state index contributed by atoms with van der Waals surface area (Å²) in [6.07, 6.45) is 8.51. The van der Waals surface area contributed by atoms with Crippen molar-refractivity contribution in [3.8, 4) is 5.75 Å². The van der Waals surface area contributed by atoms with Gasteiger partial charge in [0.2, 0.25) is 5.91 Å². The van der Waals surface area contributed by atoms with Gasteiger partial charge < -0.3 is 14.1 Å². The predicted molar refractivity (Wildman–Crippen MR) is 126 cm³/mol. The molecule has 0 spiro atoms. The van der Waals surface area contributed by atoms with Crippen molar-refractivity contribution in [3.63, 3.8) is 0 Å². The fourth-order valence-electron chi connectivity index (χ4n) is 5.28. The van der Waals surface area contributed by atoms with Crippen LogP contribution in [0.25, 0.3) is 16.5 Å². The van der Waals surface area contributed by atoms with Crippen molar-refractivity contribution in [1.29, 1.82) is 0 Å². The molecule has 1 saturated heterocycles. The third-order valence-electron chi connectivity index (χ3n) is 7.33. The number of piperazine rings is 1. The topological polar surface area (TPSA) is 45.9 Å². The maximum Gasteiger partial charge on any atom is 0.246 e. The van der Waals surface area contributed by atoms with Gasteiger partial charge in [-0.2, -0.15) is 0 Å². The molecule has 1 aromatic heterocycles. The lowest BCUT2D eigenvalue weighted by Crippen LogP contribution is -2.52. The number of nitrogens with zero attached hydrogens (tertiary/aromatic N) is 2. The number of carbonyl (C=O) groups is 1. The third-order valence-corrected chi connectivity index (χ3v) is 7.33. The van der Waals surface area contributed by atoms with Gasteiger partial charge in [0.1, 0.15) is 17.1 Å².